The average molecular weight is 513 g/mol. The van der Waals surface area contributed by atoms with Gasteiger partial charge in [0.25, 0.3) is 11.6 Å². The number of nitrogens with zero attached hydrogens (tertiary/aromatic N) is 4. The summed E-state index contributed by atoms with van der Waals surface area (Å²) in [6, 6.07) is 10.3. The van der Waals surface area contributed by atoms with Gasteiger partial charge in [-0.05, 0) is 37.4 Å². The smallest absolute Gasteiger partial charge is 0.270 e. The number of thiazole rings is 1. The highest BCUT2D eigenvalue weighted by atomic mass is 35.5. The van der Waals surface area contributed by atoms with Crippen LogP contribution in [0.15, 0.2) is 47.4 Å². The Morgan fingerprint density at radius 1 is 1.12 bits per heavy atom. The number of fused-ring (bicyclic) bond motifs is 1. The van der Waals surface area contributed by atoms with Gasteiger partial charge in [0.15, 0.2) is 15.0 Å². The zero-order chi connectivity index (χ0) is 23.5. The topological polar surface area (TPSA) is 114 Å². The van der Waals surface area contributed by atoms with E-state index in [2.05, 4.69) is 9.88 Å². The molecule has 0 unspecified atom stereocenters. The highest BCUT2D eigenvalue weighted by Gasteiger charge is 2.24. The fourth-order valence-electron chi connectivity index (χ4n) is 3.21. The Labute approximate surface area is 202 Å². The largest absolute Gasteiger partial charge is 0.302 e. The molecule has 0 aliphatic rings. The first-order valence-electron chi connectivity index (χ1n) is 10.0. The number of benzene rings is 2. The summed E-state index contributed by atoms with van der Waals surface area (Å²) < 4.78 is 24.4. The molecule has 0 atom stereocenters. The van der Waals surface area contributed by atoms with Crippen LogP contribution in [0.5, 0.6) is 0 Å². The average Bonchev–Trinajstić information content (AvgIpc) is 3.19. The molecule has 33 heavy (non-hydrogen) atoms. The quantitative estimate of drug-likeness (QED) is 0.314. The highest BCUT2D eigenvalue weighted by Crippen LogP contribution is 2.31. The van der Waals surface area contributed by atoms with Crippen molar-refractivity contribution in [3.63, 3.8) is 0 Å². The van der Waals surface area contributed by atoms with Crippen molar-refractivity contribution in [3.8, 4) is 0 Å². The lowest BCUT2D eigenvalue weighted by atomic mass is 10.2. The van der Waals surface area contributed by atoms with Gasteiger partial charge in [-0.2, -0.15) is 0 Å². The number of carbonyl (C=O) groups is 1. The number of likely N-dealkylation sites (N-methyl/N-ethyl adjacent to an activating group) is 1. The van der Waals surface area contributed by atoms with E-state index in [4.69, 9.17) is 0 Å². The molecule has 0 aliphatic carbocycles. The second-order valence-corrected chi connectivity index (χ2v) is 10.2. The molecule has 0 bridgehead atoms. The lowest BCUT2D eigenvalue weighted by molar-refractivity contribution is -0.384. The third kappa shape index (κ3) is 6.26. The van der Waals surface area contributed by atoms with E-state index in [0.717, 1.165) is 19.3 Å². The van der Waals surface area contributed by atoms with Crippen molar-refractivity contribution >= 4 is 60.5 Å². The van der Waals surface area contributed by atoms with E-state index in [-0.39, 0.29) is 28.6 Å². The Hall–Kier alpha value is -2.60. The second-order valence-electron chi connectivity index (χ2n) is 7.19. The van der Waals surface area contributed by atoms with Crippen molar-refractivity contribution in [3.05, 3.63) is 58.1 Å². The summed E-state index contributed by atoms with van der Waals surface area (Å²) in [5, 5.41) is 11.6. The first kappa shape index (κ1) is 26.7. The molecule has 0 saturated heterocycles. The third-order valence-corrected chi connectivity index (χ3v) is 7.24. The number of nitro groups is 1. The molecule has 1 heterocycles. The van der Waals surface area contributed by atoms with Gasteiger partial charge in [0.05, 0.1) is 20.0 Å². The van der Waals surface area contributed by atoms with Gasteiger partial charge >= 0.3 is 0 Å². The first-order chi connectivity index (χ1) is 15.1. The Balaban J connectivity index is 0.00000385. The van der Waals surface area contributed by atoms with E-state index in [1.165, 1.54) is 46.6 Å². The molecule has 0 radical (unpaired) electrons. The van der Waals surface area contributed by atoms with Crippen LogP contribution in [0.1, 0.15) is 24.2 Å². The molecule has 0 aliphatic heterocycles. The number of hydrogen-bond donors (Lipinski definition) is 0. The van der Waals surface area contributed by atoms with Crippen molar-refractivity contribution < 1.29 is 18.1 Å². The van der Waals surface area contributed by atoms with Gasteiger partial charge in [-0.3, -0.25) is 19.8 Å². The number of halogens is 1. The molecule has 12 heteroatoms. The molecular weight excluding hydrogens is 488 g/mol. The number of aromatic nitrogens is 1. The van der Waals surface area contributed by atoms with Gasteiger partial charge in [-0.15, -0.1) is 12.4 Å². The monoisotopic (exact) mass is 512 g/mol. The lowest BCUT2D eigenvalue weighted by Crippen LogP contribution is -2.38. The van der Waals surface area contributed by atoms with Crippen LogP contribution in [0.4, 0.5) is 10.8 Å². The lowest BCUT2D eigenvalue weighted by Gasteiger charge is -2.24. The fourth-order valence-corrected chi connectivity index (χ4v) is 4.96. The van der Waals surface area contributed by atoms with Crippen molar-refractivity contribution in [1.82, 2.24) is 9.88 Å². The van der Waals surface area contributed by atoms with E-state index in [9.17, 15) is 23.3 Å². The van der Waals surface area contributed by atoms with E-state index in [0.29, 0.717) is 28.4 Å². The highest BCUT2D eigenvalue weighted by molar-refractivity contribution is 7.90. The number of sulfone groups is 1. The van der Waals surface area contributed by atoms with Crippen molar-refractivity contribution in [2.45, 2.75) is 18.7 Å². The number of hydrogen-bond acceptors (Lipinski definition) is 8. The maximum Gasteiger partial charge on any atom is 0.270 e. The van der Waals surface area contributed by atoms with Crippen LogP contribution in [0.3, 0.4) is 0 Å². The van der Waals surface area contributed by atoms with Crippen LogP contribution >= 0.6 is 23.7 Å². The van der Waals surface area contributed by atoms with Crippen LogP contribution in [-0.2, 0) is 9.84 Å². The predicted molar refractivity (Wildman–Crippen MR) is 133 cm³/mol. The van der Waals surface area contributed by atoms with E-state index < -0.39 is 20.7 Å². The van der Waals surface area contributed by atoms with Crippen molar-refractivity contribution in [1.29, 1.82) is 0 Å². The Morgan fingerprint density at radius 2 is 1.82 bits per heavy atom. The normalized spacial score (nSPS) is 11.4. The zero-order valence-electron chi connectivity index (χ0n) is 18.4. The summed E-state index contributed by atoms with van der Waals surface area (Å²) in [5.41, 5.74) is 0.605. The van der Waals surface area contributed by atoms with Crippen LogP contribution in [0.2, 0.25) is 0 Å². The molecule has 1 aromatic heterocycles. The zero-order valence-corrected chi connectivity index (χ0v) is 20.9. The van der Waals surface area contributed by atoms with Crippen molar-refractivity contribution in [2.75, 3.05) is 37.3 Å². The fraction of sp³-hybridized carbons (Fsp3) is 0.333. The standard InChI is InChI=1S/C21H24N4O5S2.ClH/c1-4-23(5-2)11-12-24(20(26)15-7-6-8-16(13-15)25(27)28)21-22-18-10-9-17(32(3,29)30)14-19(18)31-21;/h6-10,13-14H,4-5,11-12H2,1-3H3;1H. The number of amides is 1. The first-order valence-corrected chi connectivity index (χ1v) is 12.7. The van der Waals surface area contributed by atoms with Crippen LogP contribution < -0.4 is 4.90 Å². The molecule has 0 spiro atoms. The van der Waals surface area contributed by atoms with Gasteiger partial charge in [0, 0.05) is 37.0 Å². The summed E-state index contributed by atoms with van der Waals surface area (Å²) in [4.78, 5) is 32.4. The summed E-state index contributed by atoms with van der Waals surface area (Å²) in [7, 11) is -3.38. The molecule has 0 fully saturated rings. The Kier molecular flexibility index (Phi) is 8.89. The van der Waals surface area contributed by atoms with Gasteiger partial charge in [0.1, 0.15) is 0 Å². The minimum absolute atomic E-state index is 0. The van der Waals surface area contributed by atoms with Crippen LogP contribution in [0, 0.1) is 10.1 Å². The maximum absolute atomic E-state index is 13.4. The Bertz CT molecular complexity index is 1260. The molecule has 3 aromatic rings. The Morgan fingerprint density at radius 3 is 2.42 bits per heavy atom. The molecule has 178 valence electrons. The number of non-ortho nitro benzene ring substituents is 1. The van der Waals surface area contributed by atoms with Gasteiger partial charge in [-0.25, -0.2) is 13.4 Å². The molecule has 0 N–H and O–H groups in total. The van der Waals surface area contributed by atoms with E-state index in [1.807, 2.05) is 13.8 Å². The molecular formula is C21H25ClN4O5S2. The molecule has 1 amide bonds. The number of nitro benzene ring substituents is 1. The number of carbonyl (C=O) groups excluding carboxylic acids is 1. The van der Waals surface area contributed by atoms with E-state index in [1.54, 1.807) is 12.1 Å². The number of anilines is 1. The number of rotatable bonds is 9. The van der Waals surface area contributed by atoms with Gasteiger partial charge in [0.2, 0.25) is 0 Å². The van der Waals surface area contributed by atoms with Gasteiger partial charge in [-0.1, -0.05) is 31.3 Å². The molecule has 2 aromatic carbocycles. The summed E-state index contributed by atoms with van der Waals surface area (Å²) in [6.45, 7) is 6.61. The van der Waals surface area contributed by atoms with Crippen LogP contribution in [-0.4, -0.2) is 61.6 Å². The van der Waals surface area contributed by atoms with Gasteiger partial charge < -0.3 is 4.90 Å². The van der Waals surface area contributed by atoms with Crippen LogP contribution in [0.25, 0.3) is 10.2 Å². The minimum atomic E-state index is -3.38. The third-order valence-electron chi connectivity index (χ3n) is 5.09. The molecule has 9 nitrogen and oxygen atoms in total. The van der Waals surface area contributed by atoms with Crippen molar-refractivity contribution in [2.24, 2.45) is 0 Å². The summed E-state index contributed by atoms with van der Waals surface area (Å²) in [5.74, 6) is -0.400. The molecule has 3 rings (SSSR count). The SMILES string of the molecule is CCN(CC)CCN(C(=O)c1cccc([N+](=O)[O-])c1)c1nc2ccc(S(C)(=O)=O)cc2s1.Cl. The second kappa shape index (κ2) is 11.0. The minimum Gasteiger partial charge on any atom is -0.302 e. The van der Waals surface area contributed by atoms with E-state index >= 15 is 0 Å². The summed E-state index contributed by atoms with van der Waals surface area (Å²) in [6.07, 6.45) is 1.14. The maximum atomic E-state index is 13.4. The summed E-state index contributed by atoms with van der Waals surface area (Å²) >= 11 is 1.21. The predicted octanol–water partition coefficient (Wildman–Crippen LogP) is 4.02. The molecule has 0 saturated carbocycles.